The lowest BCUT2D eigenvalue weighted by Gasteiger charge is -2.46. The Labute approximate surface area is 209 Å². The van der Waals surface area contributed by atoms with Gasteiger partial charge in [-0.1, -0.05) is 23.8 Å². The summed E-state index contributed by atoms with van der Waals surface area (Å²) in [5.41, 5.74) is 4.96. The SMILES string of the molecule is Cc1cc(CCOCC2(c3ccc(F)cc3)CCN(C(C)(C)C)CC2)c2nn(CC3CC3)cc2c1. The highest BCUT2D eigenvalue weighted by Crippen LogP contribution is 2.38. The number of hydrogen-bond acceptors (Lipinski definition) is 3. The highest BCUT2D eigenvalue weighted by molar-refractivity contribution is 5.82. The lowest BCUT2D eigenvalue weighted by Crippen LogP contribution is -2.51. The van der Waals surface area contributed by atoms with E-state index >= 15 is 0 Å². The Morgan fingerprint density at radius 1 is 1.09 bits per heavy atom. The first-order chi connectivity index (χ1) is 16.7. The maximum absolute atomic E-state index is 13.7. The topological polar surface area (TPSA) is 30.3 Å². The average Bonchev–Trinajstić information content (AvgIpc) is 3.53. The fourth-order valence-corrected chi connectivity index (χ4v) is 5.65. The molecule has 35 heavy (non-hydrogen) atoms. The average molecular weight is 478 g/mol. The van der Waals surface area contributed by atoms with Crippen molar-refractivity contribution < 1.29 is 9.13 Å². The fraction of sp³-hybridized carbons (Fsp3) is 0.567. The van der Waals surface area contributed by atoms with Crippen LogP contribution in [0.1, 0.15) is 63.1 Å². The maximum Gasteiger partial charge on any atom is 0.123 e. The summed E-state index contributed by atoms with van der Waals surface area (Å²) in [5.74, 6) is 0.631. The number of hydrogen-bond donors (Lipinski definition) is 0. The van der Waals surface area contributed by atoms with Crippen molar-refractivity contribution in [2.75, 3.05) is 26.3 Å². The third-order valence-corrected chi connectivity index (χ3v) is 8.04. The van der Waals surface area contributed by atoms with Gasteiger partial charge in [-0.05, 0) is 108 Å². The van der Waals surface area contributed by atoms with Crippen LogP contribution >= 0.6 is 0 Å². The highest BCUT2D eigenvalue weighted by Gasteiger charge is 2.39. The number of halogens is 1. The standard InChI is InChI=1S/C30H40FN3O/c1-22-17-24(28-25(18-22)20-34(32-28)19-23-5-6-23)11-16-35-21-30(26-7-9-27(31)10-8-26)12-14-33(15-13-30)29(2,3)4/h7-10,17-18,20,23H,5-6,11-16,19,21H2,1-4H3. The number of fused-ring (bicyclic) bond motifs is 1. The van der Waals surface area contributed by atoms with Crippen molar-refractivity contribution in [1.82, 2.24) is 14.7 Å². The van der Waals surface area contributed by atoms with Gasteiger partial charge in [-0.2, -0.15) is 5.10 Å². The van der Waals surface area contributed by atoms with E-state index in [0.717, 1.165) is 50.3 Å². The zero-order valence-corrected chi connectivity index (χ0v) is 21.8. The van der Waals surface area contributed by atoms with Gasteiger partial charge in [-0.25, -0.2) is 4.39 Å². The fourth-order valence-electron chi connectivity index (χ4n) is 5.65. The van der Waals surface area contributed by atoms with Crippen molar-refractivity contribution in [3.8, 4) is 0 Å². The second-order valence-electron chi connectivity index (χ2n) is 11.9. The largest absolute Gasteiger partial charge is 0.380 e. The van der Waals surface area contributed by atoms with E-state index in [4.69, 9.17) is 9.84 Å². The molecule has 0 radical (unpaired) electrons. The molecule has 2 heterocycles. The van der Waals surface area contributed by atoms with Crippen molar-refractivity contribution in [3.63, 3.8) is 0 Å². The Hall–Kier alpha value is -2.24. The minimum Gasteiger partial charge on any atom is -0.380 e. The zero-order valence-electron chi connectivity index (χ0n) is 21.8. The van der Waals surface area contributed by atoms with E-state index in [1.54, 1.807) is 12.1 Å². The zero-order chi connectivity index (χ0) is 24.6. The van der Waals surface area contributed by atoms with E-state index in [1.807, 2.05) is 12.1 Å². The molecule has 0 unspecified atom stereocenters. The summed E-state index contributed by atoms with van der Waals surface area (Å²) in [6, 6.07) is 11.6. The number of rotatable bonds is 8. The van der Waals surface area contributed by atoms with Gasteiger partial charge in [0.2, 0.25) is 0 Å². The Morgan fingerprint density at radius 2 is 1.80 bits per heavy atom. The first-order valence-corrected chi connectivity index (χ1v) is 13.3. The second kappa shape index (κ2) is 9.67. The summed E-state index contributed by atoms with van der Waals surface area (Å²) in [7, 11) is 0. The van der Waals surface area contributed by atoms with E-state index in [9.17, 15) is 4.39 Å². The lowest BCUT2D eigenvalue weighted by atomic mass is 9.72. The molecule has 2 aliphatic rings. The number of ether oxygens (including phenoxy) is 1. The van der Waals surface area contributed by atoms with Gasteiger partial charge < -0.3 is 4.74 Å². The van der Waals surface area contributed by atoms with E-state index < -0.39 is 0 Å². The summed E-state index contributed by atoms with van der Waals surface area (Å²) in [6.07, 6.45) is 7.77. The smallest absolute Gasteiger partial charge is 0.123 e. The molecular weight excluding hydrogens is 437 g/mol. The monoisotopic (exact) mass is 477 g/mol. The molecule has 1 aliphatic heterocycles. The summed E-state index contributed by atoms with van der Waals surface area (Å²) in [4.78, 5) is 2.55. The molecule has 1 aliphatic carbocycles. The molecule has 0 atom stereocenters. The minimum absolute atomic E-state index is 0.0663. The van der Waals surface area contributed by atoms with Crippen molar-refractivity contribution in [2.24, 2.45) is 5.92 Å². The normalized spacial score (nSPS) is 18.9. The van der Waals surface area contributed by atoms with Crippen LogP contribution in [-0.2, 0) is 23.1 Å². The molecule has 0 bridgehead atoms. The summed E-state index contributed by atoms with van der Waals surface area (Å²) >= 11 is 0. The third-order valence-electron chi connectivity index (χ3n) is 8.04. The van der Waals surface area contributed by atoms with E-state index in [1.165, 1.54) is 34.9 Å². The number of piperidine rings is 1. The van der Waals surface area contributed by atoms with Gasteiger partial charge in [0.05, 0.1) is 18.7 Å². The van der Waals surface area contributed by atoms with Gasteiger partial charge in [-0.3, -0.25) is 9.58 Å². The van der Waals surface area contributed by atoms with Gasteiger partial charge >= 0.3 is 0 Å². The minimum atomic E-state index is -0.179. The Balaban J connectivity index is 1.27. The van der Waals surface area contributed by atoms with Crippen LogP contribution in [0.5, 0.6) is 0 Å². The van der Waals surface area contributed by atoms with Crippen LogP contribution in [0.15, 0.2) is 42.6 Å². The van der Waals surface area contributed by atoms with Crippen molar-refractivity contribution in [2.45, 2.75) is 77.3 Å². The quantitative estimate of drug-likeness (QED) is 0.358. The van der Waals surface area contributed by atoms with Crippen LogP contribution in [0.25, 0.3) is 10.9 Å². The number of aromatic nitrogens is 2. The summed E-state index contributed by atoms with van der Waals surface area (Å²) in [6.45, 7) is 13.4. The number of likely N-dealkylation sites (tertiary alicyclic amines) is 1. The molecular formula is C30H40FN3O. The first kappa shape index (κ1) is 24.5. The van der Waals surface area contributed by atoms with E-state index in [0.29, 0.717) is 13.2 Å². The molecule has 5 rings (SSSR count). The second-order valence-corrected chi connectivity index (χ2v) is 11.9. The van der Waals surface area contributed by atoms with E-state index in [-0.39, 0.29) is 16.8 Å². The van der Waals surface area contributed by atoms with Gasteiger partial charge in [-0.15, -0.1) is 0 Å². The van der Waals surface area contributed by atoms with Crippen LogP contribution < -0.4 is 0 Å². The molecule has 2 aromatic carbocycles. The van der Waals surface area contributed by atoms with Crippen LogP contribution in [0, 0.1) is 18.7 Å². The molecule has 1 saturated heterocycles. The molecule has 0 amide bonds. The summed E-state index contributed by atoms with van der Waals surface area (Å²) < 4.78 is 22.2. The number of nitrogens with zero attached hydrogens (tertiary/aromatic N) is 3. The molecule has 188 valence electrons. The highest BCUT2D eigenvalue weighted by atomic mass is 19.1. The van der Waals surface area contributed by atoms with Gasteiger partial charge in [0.15, 0.2) is 0 Å². The van der Waals surface area contributed by atoms with Gasteiger partial charge in [0, 0.05) is 29.1 Å². The third kappa shape index (κ3) is 5.62. The van der Waals surface area contributed by atoms with Gasteiger partial charge in [0.25, 0.3) is 0 Å². The first-order valence-electron chi connectivity index (χ1n) is 13.3. The van der Waals surface area contributed by atoms with Crippen molar-refractivity contribution >= 4 is 10.9 Å². The van der Waals surface area contributed by atoms with Crippen LogP contribution in [-0.4, -0.2) is 46.5 Å². The Morgan fingerprint density at radius 3 is 2.46 bits per heavy atom. The molecule has 2 fully saturated rings. The Kier molecular flexibility index (Phi) is 6.75. The number of benzene rings is 2. The van der Waals surface area contributed by atoms with Crippen molar-refractivity contribution in [3.05, 3.63) is 65.1 Å². The molecule has 0 spiro atoms. The Bertz CT molecular complexity index is 1150. The van der Waals surface area contributed by atoms with Crippen LogP contribution in [0.2, 0.25) is 0 Å². The van der Waals surface area contributed by atoms with Crippen LogP contribution in [0.4, 0.5) is 4.39 Å². The van der Waals surface area contributed by atoms with Gasteiger partial charge in [0.1, 0.15) is 5.82 Å². The predicted molar refractivity (Wildman–Crippen MR) is 140 cm³/mol. The molecule has 4 nitrogen and oxygen atoms in total. The molecule has 3 aromatic rings. The molecule has 1 saturated carbocycles. The molecule has 0 N–H and O–H groups in total. The molecule has 5 heteroatoms. The lowest BCUT2D eigenvalue weighted by molar-refractivity contribution is 0.0205. The van der Waals surface area contributed by atoms with Crippen molar-refractivity contribution in [1.29, 1.82) is 0 Å². The predicted octanol–water partition coefficient (Wildman–Crippen LogP) is 6.29. The number of aryl methyl sites for hydroxylation is 1. The molecule has 1 aromatic heterocycles. The van der Waals surface area contributed by atoms with Crippen LogP contribution in [0.3, 0.4) is 0 Å². The summed E-state index contributed by atoms with van der Waals surface area (Å²) in [5, 5.41) is 6.16. The maximum atomic E-state index is 13.7. The van der Waals surface area contributed by atoms with E-state index in [2.05, 4.69) is 55.6 Å².